The van der Waals surface area contributed by atoms with Gasteiger partial charge in [0.25, 0.3) is 0 Å². The van der Waals surface area contributed by atoms with Crippen LogP contribution in [0.15, 0.2) is 28.4 Å². The zero-order chi connectivity index (χ0) is 13.9. The normalized spacial score (nSPS) is 16.5. The Kier molecular flexibility index (Phi) is 4.03. The van der Waals surface area contributed by atoms with Crippen molar-refractivity contribution in [3.8, 4) is 0 Å². The maximum atomic E-state index is 4.50. The molecule has 1 saturated heterocycles. The van der Waals surface area contributed by atoms with Crippen molar-refractivity contribution in [2.45, 2.75) is 35.9 Å². The van der Waals surface area contributed by atoms with E-state index in [1.54, 1.807) is 11.8 Å². The van der Waals surface area contributed by atoms with E-state index in [1.807, 2.05) is 25.1 Å². The van der Waals surface area contributed by atoms with Gasteiger partial charge in [0.1, 0.15) is 10.9 Å². The molecule has 0 unspecified atom stereocenters. The number of aromatic nitrogens is 4. The van der Waals surface area contributed by atoms with Crippen LogP contribution < -0.4 is 5.32 Å². The summed E-state index contributed by atoms with van der Waals surface area (Å²) in [5.41, 5.74) is 1.02. The lowest BCUT2D eigenvalue weighted by atomic mass is 9.97. The van der Waals surface area contributed by atoms with Gasteiger partial charge in [0, 0.05) is 18.7 Å². The predicted octanol–water partition coefficient (Wildman–Crippen LogP) is 2.14. The van der Waals surface area contributed by atoms with Gasteiger partial charge in [-0.15, -0.1) is 10.2 Å². The fraction of sp³-hybridized carbons (Fsp3) is 0.500. The molecule has 106 valence electrons. The Balaban J connectivity index is 1.79. The van der Waals surface area contributed by atoms with Gasteiger partial charge in [-0.3, -0.25) is 0 Å². The molecule has 2 aromatic heterocycles. The van der Waals surface area contributed by atoms with Crippen molar-refractivity contribution in [2.24, 2.45) is 7.05 Å². The van der Waals surface area contributed by atoms with Gasteiger partial charge >= 0.3 is 0 Å². The maximum Gasteiger partial charge on any atom is 0.197 e. The third-order valence-corrected chi connectivity index (χ3v) is 4.61. The Bertz CT molecular complexity index is 589. The smallest absolute Gasteiger partial charge is 0.197 e. The summed E-state index contributed by atoms with van der Waals surface area (Å²) in [5, 5.41) is 14.0. The second-order valence-corrected chi connectivity index (χ2v) is 6.13. The third kappa shape index (κ3) is 2.86. The highest BCUT2D eigenvalue weighted by Gasteiger charge is 2.21. The van der Waals surface area contributed by atoms with E-state index in [9.17, 15) is 0 Å². The van der Waals surface area contributed by atoms with Crippen molar-refractivity contribution >= 4 is 11.8 Å². The lowest BCUT2D eigenvalue weighted by Crippen LogP contribution is -2.27. The van der Waals surface area contributed by atoms with Crippen LogP contribution in [-0.2, 0) is 7.05 Å². The molecule has 0 radical (unpaired) electrons. The van der Waals surface area contributed by atoms with Crippen molar-refractivity contribution in [3.05, 3.63) is 29.7 Å². The van der Waals surface area contributed by atoms with Crippen LogP contribution in [0.4, 0.5) is 0 Å². The predicted molar refractivity (Wildman–Crippen MR) is 78.9 cm³/mol. The second-order valence-electron chi connectivity index (χ2n) is 5.14. The number of hydrogen-bond donors (Lipinski definition) is 1. The summed E-state index contributed by atoms with van der Waals surface area (Å²) in [4.78, 5) is 4.50. The highest BCUT2D eigenvalue weighted by atomic mass is 32.2. The minimum absolute atomic E-state index is 0.522. The summed E-state index contributed by atoms with van der Waals surface area (Å²) in [5.74, 6) is 1.62. The molecule has 0 bridgehead atoms. The molecule has 2 aromatic rings. The van der Waals surface area contributed by atoms with Crippen molar-refractivity contribution in [1.29, 1.82) is 0 Å². The number of nitrogens with one attached hydrogen (secondary N) is 1. The lowest BCUT2D eigenvalue weighted by Gasteiger charge is -2.21. The standard InChI is InChI=1S/C14H19N5S/c1-10-4-3-5-12(16-10)20-14-18-17-13(19(14)2)11-6-8-15-9-7-11/h3-5,11,15H,6-9H2,1-2H3. The summed E-state index contributed by atoms with van der Waals surface area (Å²) in [7, 11) is 2.05. The van der Waals surface area contributed by atoms with Crippen LogP contribution in [0, 0.1) is 6.92 Å². The van der Waals surface area contributed by atoms with E-state index in [-0.39, 0.29) is 0 Å². The Morgan fingerprint density at radius 3 is 2.80 bits per heavy atom. The van der Waals surface area contributed by atoms with Gasteiger partial charge < -0.3 is 9.88 Å². The summed E-state index contributed by atoms with van der Waals surface area (Å²) in [6.07, 6.45) is 2.28. The average molecular weight is 289 g/mol. The summed E-state index contributed by atoms with van der Waals surface area (Å²) >= 11 is 1.58. The van der Waals surface area contributed by atoms with Gasteiger partial charge in [-0.1, -0.05) is 6.07 Å². The van der Waals surface area contributed by atoms with Crippen LogP contribution in [0.25, 0.3) is 0 Å². The van der Waals surface area contributed by atoms with Crippen LogP contribution in [0.3, 0.4) is 0 Å². The third-order valence-electron chi connectivity index (χ3n) is 3.63. The van der Waals surface area contributed by atoms with Crippen molar-refractivity contribution in [3.63, 3.8) is 0 Å². The molecule has 1 fully saturated rings. The molecule has 1 N–H and O–H groups in total. The van der Waals surface area contributed by atoms with E-state index in [1.165, 1.54) is 0 Å². The molecule has 0 atom stereocenters. The molecular formula is C14H19N5S. The van der Waals surface area contributed by atoms with Crippen LogP contribution in [0.1, 0.15) is 30.3 Å². The zero-order valence-corrected chi connectivity index (χ0v) is 12.7. The van der Waals surface area contributed by atoms with E-state index in [0.29, 0.717) is 5.92 Å². The van der Waals surface area contributed by atoms with E-state index >= 15 is 0 Å². The Morgan fingerprint density at radius 2 is 2.05 bits per heavy atom. The van der Waals surface area contributed by atoms with Gasteiger partial charge in [0.05, 0.1) is 0 Å². The SMILES string of the molecule is Cc1cccc(Sc2nnc(C3CCNCC3)n2C)n1. The van der Waals surface area contributed by atoms with Crippen molar-refractivity contribution in [1.82, 2.24) is 25.1 Å². The monoisotopic (exact) mass is 289 g/mol. The first-order chi connectivity index (χ1) is 9.74. The van der Waals surface area contributed by atoms with E-state index in [2.05, 4.69) is 32.1 Å². The summed E-state index contributed by atoms with van der Waals surface area (Å²) < 4.78 is 2.12. The molecule has 1 aliphatic rings. The number of rotatable bonds is 3. The van der Waals surface area contributed by atoms with Crippen LogP contribution >= 0.6 is 11.8 Å². The van der Waals surface area contributed by atoms with Gasteiger partial charge in [-0.2, -0.15) is 0 Å². The van der Waals surface area contributed by atoms with E-state index in [4.69, 9.17) is 0 Å². The van der Waals surface area contributed by atoms with E-state index in [0.717, 1.165) is 47.6 Å². The van der Waals surface area contributed by atoms with E-state index < -0.39 is 0 Å². The molecule has 0 amide bonds. The first-order valence-corrected chi connectivity index (χ1v) is 7.77. The maximum absolute atomic E-state index is 4.50. The van der Waals surface area contributed by atoms with Gasteiger partial charge in [-0.05, 0) is 56.7 Å². The van der Waals surface area contributed by atoms with Gasteiger partial charge in [-0.25, -0.2) is 4.98 Å². The highest BCUT2D eigenvalue weighted by molar-refractivity contribution is 7.99. The molecular weight excluding hydrogens is 270 g/mol. The lowest BCUT2D eigenvalue weighted by molar-refractivity contribution is 0.434. The molecule has 0 aromatic carbocycles. The molecule has 0 spiro atoms. The first kappa shape index (κ1) is 13.6. The number of hydrogen-bond acceptors (Lipinski definition) is 5. The fourth-order valence-electron chi connectivity index (χ4n) is 2.52. The molecule has 0 aliphatic carbocycles. The Hall–Kier alpha value is -1.40. The molecule has 3 rings (SSSR count). The molecule has 6 heteroatoms. The largest absolute Gasteiger partial charge is 0.317 e. The van der Waals surface area contributed by atoms with Gasteiger partial charge in [0.2, 0.25) is 0 Å². The topological polar surface area (TPSA) is 55.6 Å². The molecule has 1 aliphatic heterocycles. The quantitative estimate of drug-likeness (QED) is 0.938. The minimum atomic E-state index is 0.522. The molecule has 0 saturated carbocycles. The molecule has 20 heavy (non-hydrogen) atoms. The Morgan fingerprint density at radius 1 is 1.25 bits per heavy atom. The van der Waals surface area contributed by atoms with Crippen LogP contribution in [-0.4, -0.2) is 32.8 Å². The second kappa shape index (κ2) is 5.93. The number of pyridine rings is 1. The molecule has 3 heterocycles. The fourth-order valence-corrected chi connectivity index (χ4v) is 3.35. The average Bonchev–Trinajstić information content (AvgIpc) is 2.81. The number of piperidine rings is 1. The van der Waals surface area contributed by atoms with Crippen LogP contribution in [0.5, 0.6) is 0 Å². The van der Waals surface area contributed by atoms with Crippen LogP contribution in [0.2, 0.25) is 0 Å². The number of aryl methyl sites for hydroxylation is 1. The zero-order valence-electron chi connectivity index (χ0n) is 11.8. The highest BCUT2D eigenvalue weighted by Crippen LogP contribution is 2.29. The minimum Gasteiger partial charge on any atom is -0.317 e. The summed E-state index contributed by atoms with van der Waals surface area (Å²) in [6, 6.07) is 6.03. The first-order valence-electron chi connectivity index (χ1n) is 6.95. The molecule has 5 nitrogen and oxygen atoms in total. The summed E-state index contributed by atoms with van der Waals surface area (Å²) in [6.45, 7) is 4.14. The number of nitrogens with zero attached hydrogens (tertiary/aromatic N) is 4. The Labute approximate surface area is 123 Å². The van der Waals surface area contributed by atoms with Gasteiger partial charge in [0.15, 0.2) is 5.16 Å². The van der Waals surface area contributed by atoms with Crippen molar-refractivity contribution in [2.75, 3.05) is 13.1 Å². The van der Waals surface area contributed by atoms with Crippen molar-refractivity contribution < 1.29 is 0 Å².